The summed E-state index contributed by atoms with van der Waals surface area (Å²) in [5.74, 6) is 0.823. The van der Waals surface area contributed by atoms with Crippen molar-refractivity contribution in [2.75, 3.05) is 20.3 Å². The van der Waals surface area contributed by atoms with Crippen molar-refractivity contribution >= 4 is 23.4 Å². The fraction of sp³-hybridized carbons (Fsp3) is 0.364. The number of amides is 2. The van der Waals surface area contributed by atoms with Crippen LogP contribution in [0.2, 0.25) is 5.02 Å². The average Bonchev–Trinajstić information content (AvgIpc) is 2.73. The predicted molar refractivity (Wildman–Crippen MR) is 113 cm³/mol. The van der Waals surface area contributed by atoms with E-state index in [1.54, 1.807) is 36.3 Å². The van der Waals surface area contributed by atoms with Crippen LogP contribution in [0, 0.1) is 0 Å². The smallest absolute Gasteiger partial charge is 0.261 e. The summed E-state index contributed by atoms with van der Waals surface area (Å²) in [7, 11) is 1.60. The van der Waals surface area contributed by atoms with Crippen molar-refractivity contribution in [1.29, 1.82) is 0 Å². The molecule has 0 unspecified atom stereocenters. The largest absolute Gasteiger partial charge is 0.497 e. The standard InChI is InChI=1S/C22H27ClN2O4/c1-4-20(22(27)24-5-2)25(14-16-6-10-18(28-3)11-7-16)21(26)15-29-19-12-8-17(23)9-13-19/h6-13,20H,4-5,14-15H2,1-3H3,(H,24,27)/t20-/m0/s1. The molecular weight excluding hydrogens is 392 g/mol. The molecule has 1 N–H and O–H groups in total. The number of hydrogen-bond acceptors (Lipinski definition) is 4. The van der Waals surface area contributed by atoms with Gasteiger partial charge >= 0.3 is 0 Å². The average molecular weight is 419 g/mol. The van der Waals surface area contributed by atoms with E-state index in [0.717, 1.165) is 11.3 Å². The molecule has 0 aliphatic heterocycles. The van der Waals surface area contributed by atoms with Crippen LogP contribution in [-0.4, -0.2) is 43.0 Å². The number of halogens is 1. The third-order valence-corrected chi connectivity index (χ3v) is 4.68. The second-order valence-electron chi connectivity index (χ2n) is 6.43. The molecule has 7 heteroatoms. The molecule has 0 aromatic heterocycles. The van der Waals surface area contributed by atoms with Crippen LogP contribution in [0.3, 0.4) is 0 Å². The van der Waals surface area contributed by atoms with Crippen LogP contribution in [0.5, 0.6) is 11.5 Å². The van der Waals surface area contributed by atoms with E-state index in [4.69, 9.17) is 21.1 Å². The minimum atomic E-state index is -0.585. The number of nitrogens with zero attached hydrogens (tertiary/aromatic N) is 1. The van der Waals surface area contributed by atoms with Gasteiger partial charge in [0.15, 0.2) is 6.61 Å². The molecule has 0 saturated carbocycles. The third-order valence-electron chi connectivity index (χ3n) is 4.42. The van der Waals surface area contributed by atoms with Crippen LogP contribution >= 0.6 is 11.6 Å². The molecule has 29 heavy (non-hydrogen) atoms. The van der Waals surface area contributed by atoms with Gasteiger partial charge in [-0.25, -0.2) is 0 Å². The van der Waals surface area contributed by atoms with Crippen LogP contribution in [-0.2, 0) is 16.1 Å². The second-order valence-corrected chi connectivity index (χ2v) is 6.87. The minimum absolute atomic E-state index is 0.173. The Kier molecular flexibility index (Phi) is 8.80. The molecule has 0 bridgehead atoms. The van der Waals surface area contributed by atoms with E-state index in [9.17, 15) is 9.59 Å². The fourth-order valence-electron chi connectivity index (χ4n) is 2.90. The molecule has 2 aromatic rings. The zero-order valence-corrected chi connectivity index (χ0v) is 17.7. The van der Waals surface area contributed by atoms with E-state index in [-0.39, 0.29) is 18.4 Å². The van der Waals surface area contributed by atoms with Crippen molar-refractivity contribution in [3.63, 3.8) is 0 Å². The molecule has 2 amide bonds. The Morgan fingerprint density at radius 1 is 1.03 bits per heavy atom. The van der Waals surface area contributed by atoms with Crippen molar-refractivity contribution in [3.8, 4) is 11.5 Å². The number of likely N-dealkylation sites (N-methyl/N-ethyl adjacent to an activating group) is 1. The van der Waals surface area contributed by atoms with E-state index in [0.29, 0.717) is 30.3 Å². The van der Waals surface area contributed by atoms with E-state index in [1.807, 2.05) is 38.1 Å². The lowest BCUT2D eigenvalue weighted by Gasteiger charge is -2.30. The summed E-state index contributed by atoms with van der Waals surface area (Å²) in [5.41, 5.74) is 0.897. The van der Waals surface area contributed by atoms with E-state index < -0.39 is 6.04 Å². The first-order valence-corrected chi connectivity index (χ1v) is 9.94. The molecule has 0 heterocycles. The van der Waals surface area contributed by atoms with Crippen molar-refractivity contribution in [2.45, 2.75) is 32.9 Å². The molecule has 0 spiro atoms. The van der Waals surface area contributed by atoms with Gasteiger partial charge in [0.25, 0.3) is 5.91 Å². The van der Waals surface area contributed by atoms with Crippen molar-refractivity contribution in [3.05, 3.63) is 59.1 Å². The lowest BCUT2D eigenvalue weighted by Crippen LogP contribution is -2.50. The Bertz CT molecular complexity index is 793. The Morgan fingerprint density at radius 3 is 2.21 bits per heavy atom. The summed E-state index contributed by atoms with van der Waals surface area (Å²) in [6, 6.07) is 13.6. The molecule has 0 aliphatic carbocycles. The SMILES string of the molecule is CCNC(=O)[C@H](CC)N(Cc1ccc(OC)cc1)C(=O)COc1ccc(Cl)cc1. The summed E-state index contributed by atoms with van der Waals surface area (Å²) in [6.45, 7) is 4.36. The number of nitrogens with one attached hydrogen (secondary N) is 1. The van der Waals surface area contributed by atoms with Gasteiger partial charge in [0.1, 0.15) is 17.5 Å². The van der Waals surface area contributed by atoms with Gasteiger partial charge in [-0.3, -0.25) is 9.59 Å². The summed E-state index contributed by atoms with van der Waals surface area (Å²) in [4.78, 5) is 27.1. The van der Waals surface area contributed by atoms with Gasteiger partial charge in [-0.15, -0.1) is 0 Å². The van der Waals surface area contributed by atoms with Gasteiger partial charge in [0, 0.05) is 18.1 Å². The lowest BCUT2D eigenvalue weighted by molar-refractivity contribution is -0.142. The highest BCUT2D eigenvalue weighted by atomic mass is 35.5. The van der Waals surface area contributed by atoms with E-state index in [1.165, 1.54) is 0 Å². The molecule has 0 saturated heterocycles. The van der Waals surface area contributed by atoms with Crippen molar-refractivity contribution in [2.24, 2.45) is 0 Å². The quantitative estimate of drug-likeness (QED) is 0.639. The molecule has 156 valence electrons. The van der Waals surface area contributed by atoms with Gasteiger partial charge in [0.2, 0.25) is 5.91 Å². The summed E-state index contributed by atoms with van der Waals surface area (Å²) in [6.07, 6.45) is 0.495. The van der Waals surface area contributed by atoms with Gasteiger partial charge in [-0.1, -0.05) is 30.7 Å². The van der Waals surface area contributed by atoms with Crippen molar-refractivity contribution < 1.29 is 19.1 Å². The maximum atomic E-state index is 13.0. The zero-order chi connectivity index (χ0) is 21.2. The Hall–Kier alpha value is -2.73. The number of ether oxygens (including phenoxy) is 2. The molecular formula is C22H27ClN2O4. The molecule has 0 fully saturated rings. The van der Waals surface area contributed by atoms with Gasteiger partial charge in [-0.2, -0.15) is 0 Å². The first-order chi connectivity index (χ1) is 14.0. The highest BCUT2D eigenvalue weighted by Gasteiger charge is 2.28. The normalized spacial score (nSPS) is 11.4. The Balaban J connectivity index is 2.17. The number of carbonyl (C=O) groups is 2. The highest BCUT2D eigenvalue weighted by molar-refractivity contribution is 6.30. The van der Waals surface area contributed by atoms with Gasteiger partial charge < -0.3 is 19.7 Å². The summed E-state index contributed by atoms with van der Waals surface area (Å²) >= 11 is 5.88. The predicted octanol–water partition coefficient (Wildman–Crippen LogP) is 3.67. The number of carbonyl (C=O) groups excluding carboxylic acids is 2. The van der Waals surface area contributed by atoms with Crippen LogP contribution in [0.4, 0.5) is 0 Å². The summed E-state index contributed by atoms with van der Waals surface area (Å²) in [5, 5.41) is 3.40. The van der Waals surface area contributed by atoms with Gasteiger partial charge in [0.05, 0.1) is 7.11 Å². The molecule has 0 radical (unpaired) electrons. The van der Waals surface area contributed by atoms with E-state index in [2.05, 4.69) is 5.32 Å². The fourth-order valence-corrected chi connectivity index (χ4v) is 3.02. The molecule has 2 aromatic carbocycles. The topological polar surface area (TPSA) is 67.9 Å². The van der Waals surface area contributed by atoms with Gasteiger partial charge in [-0.05, 0) is 55.3 Å². The van der Waals surface area contributed by atoms with Crippen LogP contribution in [0.25, 0.3) is 0 Å². The number of rotatable bonds is 10. The van der Waals surface area contributed by atoms with Crippen LogP contribution in [0.15, 0.2) is 48.5 Å². The lowest BCUT2D eigenvalue weighted by atomic mass is 10.1. The maximum absolute atomic E-state index is 13.0. The molecule has 2 rings (SSSR count). The monoisotopic (exact) mass is 418 g/mol. The number of methoxy groups -OCH3 is 1. The zero-order valence-electron chi connectivity index (χ0n) is 17.0. The third kappa shape index (κ3) is 6.68. The molecule has 1 atom stereocenters. The number of hydrogen-bond donors (Lipinski definition) is 1. The summed E-state index contributed by atoms with van der Waals surface area (Å²) < 4.78 is 10.8. The highest BCUT2D eigenvalue weighted by Crippen LogP contribution is 2.18. The van der Waals surface area contributed by atoms with Crippen LogP contribution < -0.4 is 14.8 Å². The first kappa shape index (κ1) is 22.6. The first-order valence-electron chi connectivity index (χ1n) is 9.56. The second kappa shape index (κ2) is 11.3. The van der Waals surface area contributed by atoms with Crippen LogP contribution in [0.1, 0.15) is 25.8 Å². The Labute approximate surface area is 176 Å². The Morgan fingerprint density at radius 2 is 1.66 bits per heavy atom. The molecule has 0 aliphatic rings. The van der Waals surface area contributed by atoms with E-state index >= 15 is 0 Å². The number of benzene rings is 2. The maximum Gasteiger partial charge on any atom is 0.261 e. The molecule has 6 nitrogen and oxygen atoms in total. The van der Waals surface area contributed by atoms with Crippen molar-refractivity contribution in [1.82, 2.24) is 10.2 Å². The minimum Gasteiger partial charge on any atom is -0.497 e.